The average Bonchev–Trinajstić information content (AvgIpc) is 3.01. The number of nitrogens with one attached hydrogen (secondary N) is 1. The van der Waals surface area contributed by atoms with E-state index in [4.69, 9.17) is 11.6 Å². The van der Waals surface area contributed by atoms with Crippen molar-refractivity contribution in [1.29, 1.82) is 0 Å². The number of benzene rings is 1. The molecular weight excluding hydrogens is 270 g/mol. The monoisotopic (exact) mass is 287 g/mol. The number of rotatable bonds is 4. The smallest absolute Gasteiger partial charge is 0.151 e. The zero-order valence-corrected chi connectivity index (χ0v) is 12.1. The van der Waals surface area contributed by atoms with Gasteiger partial charge in [0.2, 0.25) is 0 Å². The Balaban J connectivity index is 1.76. The molecule has 1 aliphatic rings. The van der Waals surface area contributed by atoms with Crippen molar-refractivity contribution in [2.45, 2.75) is 19.4 Å². The fraction of sp³-hybridized carbons (Fsp3) is 0.312. The minimum absolute atomic E-state index is 0.714. The highest BCUT2D eigenvalue weighted by Gasteiger charge is 2.16. The fourth-order valence-electron chi connectivity index (χ4n) is 2.55. The average molecular weight is 288 g/mol. The van der Waals surface area contributed by atoms with Crippen LogP contribution in [0.2, 0.25) is 5.02 Å². The molecule has 2 heterocycles. The maximum Gasteiger partial charge on any atom is 0.151 e. The van der Waals surface area contributed by atoms with E-state index in [1.807, 2.05) is 36.5 Å². The fourth-order valence-corrected chi connectivity index (χ4v) is 2.75. The maximum atomic E-state index is 6.19. The molecule has 0 spiro atoms. The highest BCUT2D eigenvalue weighted by molar-refractivity contribution is 6.31. The number of aromatic nitrogens is 1. The molecule has 1 aromatic heterocycles. The van der Waals surface area contributed by atoms with E-state index in [0.717, 1.165) is 35.2 Å². The first kappa shape index (κ1) is 13.3. The van der Waals surface area contributed by atoms with E-state index in [0.29, 0.717) is 6.54 Å². The Morgan fingerprint density at radius 2 is 1.90 bits per heavy atom. The van der Waals surface area contributed by atoms with Gasteiger partial charge in [-0.2, -0.15) is 0 Å². The van der Waals surface area contributed by atoms with E-state index >= 15 is 0 Å². The predicted octanol–water partition coefficient (Wildman–Crippen LogP) is 3.95. The second-order valence-corrected chi connectivity index (χ2v) is 5.42. The highest BCUT2D eigenvalue weighted by atomic mass is 35.5. The van der Waals surface area contributed by atoms with Crippen molar-refractivity contribution in [2.24, 2.45) is 0 Å². The van der Waals surface area contributed by atoms with E-state index in [1.165, 1.54) is 12.8 Å². The summed E-state index contributed by atoms with van der Waals surface area (Å²) in [6.45, 7) is 2.90. The summed E-state index contributed by atoms with van der Waals surface area (Å²) in [4.78, 5) is 6.87. The molecule has 0 bridgehead atoms. The maximum absolute atomic E-state index is 6.19. The van der Waals surface area contributed by atoms with Crippen molar-refractivity contribution in [3.8, 4) is 0 Å². The third-order valence-corrected chi connectivity index (χ3v) is 3.99. The van der Waals surface area contributed by atoms with Crippen molar-refractivity contribution in [2.75, 3.05) is 23.3 Å². The van der Waals surface area contributed by atoms with Crippen LogP contribution in [0.5, 0.6) is 0 Å². The summed E-state index contributed by atoms with van der Waals surface area (Å²) >= 11 is 6.19. The minimum Gasteiger partial charge on any atom is -0.378 e. The summed E-state index contributed by atoms with van der Waals surface area (Å²) in [6, 6.07) is 12.0. The van der Waals surface area contributed by atoms with Crippen molar-refractivity contribution >= 4 is 23.1 Å². The molecule has 0 radical (unpaired) electrons. The Morgan fingerprint density at radius 3 is 2.70 bits per heavy atom. The number of hydrogen-bond acceptors (Lipinski definition) is 3. The Kier molecular flexibility index (Phi) is 4.07. The lowest BCUT2D eigenvalue weighted by molar-refractivity contribution is 0.935. The first-order valence-corrected chi connectivity index (χ1v) is 7.39. The highest BCUT2D eigenvalue weighted by Crippen LogP contribution is 2.27. The van der Waals surface area contributed by atoms with E-state index in [9.17, 15) is 0 Å². The van der Waals surface area contributed by atoms with Crippen LogP contribution in [0.1, 0.15) is 18.4 Å². The molecule has 0 aliphatic carbocycles. The Labute approximate surface area is 124 Å². The topological polar surface area (TPSA) is 28.2 Å². The summed E-state index contributed by atoms with van der Waals surface area (Å²) in [5.74, 6) is 1.05. The van der Waals surface area contributed by atoms with E-state index in [2.05, 4.69) is 21.3 Å². The van der Waals surface area contributed by atoms with Crippen LogP contribution in [0.4, 0.5) is 11.5 Å². The van der Waals surface area contributed by atoms with Gasteiger partial charge in [0.05, 0.1) is 5.69 Å². The van der Waals surface area contributed by atoms with Gasteiger partial charge >= 0.3 is 0 Å². The molecule has 0 saturated carbocycles. The minimum atomic E-state index is 0.714. The Bertz CT molecular complexity index is 579. The van der Waals surface area contributed by atoms with Crippen molar-refractivity contribution < 1.29 is 0 Å². The van der Waals surface area contributed by atoms with Crippen LogP contribution in [-0.4, -0.2) is 18.1 Å². The zero-order chi connectivity index (χ0) is 13.8. The van der Waals surface area contributed by atoms with Gasteiger partial charge in [-0.05, 0) is 36.6 Å². The summed E-state index contributed by atoms with van der Waals surface area (Å²) < 4.78 is 0. The van der Waals surface area contributed by atoms with Crippen LogP contribution in [-0.2, 0) is 6.54 Å². The summed E-state index contributed by atoms with van der Waals surface area (Å²) in [5, 5.41) is 4.26. The predicted molar refractivity (Wildman–Crippen MR) is 84.5 cm³/mol. The van der Waals surface area contributed by atoms with Crippen molar-refractivity contribution in [3.63, 3.8) is 0 Å². The molecule has 20 heavy (non-hydrogen) atoms. The summed E-state index contributed by atoms with van der Waals surface area (Å²) in [6.07, 6.45) is 4.36. The van der Waals surface area contributed by atoms with Gasteiger partial charge in [0, 0.05) is 30.9 Å². The third kappa shape index (κ3) is 2.88. The molecule has 0 atom stereocenters. The number of anilines is 2. The zero-order valence-electron chi connectivity index (χ0n) is 11.3. The molecule has 1 aromatic carbocycles. The van der Waals surface area contributed by atoms with E-state index in [1.54, 1.807) is 0 Å². The first-order valence-electron chi connectivity index (χ1n) is 7.02. The van der Waals surface area contributed by atoms with E-state index < -0.39 is 0 Å². The molecule has 0 amide bonds. The SMILES string of the molecule is Clc1ccccc1CNc1cccnc1N1CCCC1. The second kappa shape index (κ2) is 6.14. The molecule has 1 fully saturated rings. The third-order valence-electron chi connectivity index (χ3n) is 3.62. The van der Waals surface area contributed by atoms with Gasteiger partial charge in [0.15, 0.2) is 5.82 Å². The molecule has 0 unspecified atom stereocenters. The Morgan fingerprint density at radius 1 is 1.10 bits per heavy atom. The van der Waals surface area contributed by atoms with Crippen molar-refractivity contribution in [3.05, 3.63) is 53.2 Å². The number of hydrogen-bond donors (Lipinski definition) is 1. The van der Waals surface area contributed by atoms with Crippen LogP contribution in [0.25, 0.3) is 0 Å². The number of halogens is 1. The summed E-state index contributed by atoms with van der Waals surface area (Å²) in [5.41, 5.74) is 2.18. The van der Waals surface area contributed by atoms with Gasteiger partial charge in [0.25, 0.3) is 0 Å². The Hall–Kier alpha value is -1.74. The number of nitrogens with zero attached hydrogens (tertiary/aromatic N) is 2. The van der Waals surface area contributed by atoms with Crippen molar-refractivity contribution in [1.82, 2.24) is 4.98 Å². The van der Waals surface area contributed by atoms with E-state index in [-0.39, 0.29) is 0 Å². The van der Waals surface area contributed by atoms with Gasteiger partial charge in [0.1, 0.15) is 0 Å². The van der Waals surface area contributed by atoms with Crippen LogP contribution in [0.3, 0.4) is 0 Å². The summed E-state index contributed by atoms with van der Waals surface area (Å²) in [7, 11) is 0. The molecular formula is C16H18ClN3. The molecule has 3 nitrogen and oxygen atoms in total. The van der Waals surface area contributed by atoms with Crippen LogP contribution in [0, 0.1) is 0 Å². The number of pyridine rings is 1. The lowest BCUT2D eigenvalue weighted by atomic mass is 10.2. The molecule has 104 valence electrons. The lowest BCUT2D eigenvalue weighted by Crippen LogP contribution is -2.20. The second-order valence-electron chi connectivity index (χ2n) is 5.01. The van der Waals surface area contributed by atoms with Gasteiger partial charge in [-0.15, -0.1) is 0 Å². The molecule has 4 heteroatoms. The quantitative estimate of drug-likeness (QED) is 0.923. The van der Waals surface area contributed by atoms with Gasteiger partial charge in [-0.1, -0.05) is 29.8 Å². The van der Waals surface area contributed by atoms with Gasteiger partial charge < -0.3 is 10.2 Å². The lowest BCUT2D eigenvalue weighted by Gasteiger charge is -2.20. The molecule has 3 rings (SSSR count). The molecule has 1 saturated heterocycles. The first-order chi connectivity index (χ1) is 9.84. The van der Waals surface area contributed by atoms with Crippen LogP contribution < -0.4 is 10.2 Å². The molecule has 2 aromatic rings. The molecule has 1 N–H and O–H groups in total. The van der Waals surface area contributed by atoms with Gasteiger partial charge in [-0.3, -0.25) is 0 Å². The largest absolute Gasteiger partial charge is 0.378 e. The van der Waals surface area contributed by atoms with Crippen LogP contribution in [0.15, 0.2) is 42.6 Å². The normalized spacial score (nSPS) is 14.6. The van der Waals surface area contributed by atoms with Crippen LogP contribution >= 0.6 is 11.6 Å². The molecule has 1 aliphatic heterocycles. The van der Waals surface area contributed by atoms with Gasteiger partial charge in [-0.25, -0.2) is 4.98 Å². The standard InChI is InChI=1S/C16H18ClN3/c17-14-7-2-1-6-13(14)12-19-15-8-5-9-18-16(15)20-10-3-4-11-20/h1-2,5-9,19H,3-4,10-12H2.